The van der Waals surface area contributed by atoms with E-state index < -0.39 is 0 Å². The first kappa shape index (κ1) is 15.1. The minimum atomic E-state index is -0.00511. The zero-order chi connectivity index (χ0) is 14.5. The highest BCUT2D eigenvalue weighted by molar-refractivity contribution is 6.31. The van der Waals surface area contributed by atoms with Crippen molar-refractivity contribution in [2.45, 2.75) is 12.8 Å². The standard InChI is InChI=1S/C15H22ClN3O/c1-19(2)15(20)13-4-3-12(16)9-14(13)18-10-11-5-7-17-8-6-11/h3-4,9,11,17-18H,5-8,10H2,1-2H3. The van der Waals surface area contributed by atoms with Gasteiger partial charge in [-0.1, -0.05) is 11.6 Å². The number of piperidine rings is 1. The number of hydrogen-bond donors (Lipinski definition) is 2. The molecule has 1 saturated heterocycles. The summed E-state index contributed by atoms with van der Waals surface area (Å²) >= 11 is 6.05. The van der Waals surface area contributed by atoms with Crippen LogP contribution in [0.4, 0.5) is 5.69 Å². The van der Waals surface area contributed by atoms with Gasteiger partial charge in [0, 0.05) is 31.4 Å². The van der Waals surface area contributed by atoms with Gasteiger partial charge in [-0.05, 0) is 50.0 Å². The summed E-state index contributed by atoms with van der Waals surface area (Å²) in [5.41, 5.74) is 1.50. The van der Waals surface area contributed by atoms with E-state index in [0.29, 0.717) is 16.5 Å². The maximum atomic E-state index is 12.2. The highest BCUT2D eigenvalue weighted by atomic mass is 35.5. The summed E-state index contributed by atoms with van der Waals surface area (Å²) in [5, 5.41) is 7.40. The Morgan fingerprint density at radius 1 is 1.40 bits per heavy atom. The Labute approximate surface area is 125 Å². The molecule has 1 heterocycles. The molecule has 4 nitrogen and oxygen atoms in total. The van der Waals surface area contributed by atoms with Crippen molar-refractivity contribution in [2.75, 3.05) is 39.0 Å². The van der Waals surface area contributed by atoms with E-state index in [4.69, 9.17) is 11.6 Å². The van der Waals surface area contributed by atoms with Crippen LogP contribution < -0.4 is 10.6 Å². The lowest BCUT2D eigenvalue weighted by atomic mass is 9.98. The number of amides is 1. The van der Waals surface area contributed by atoms with Crippen LogP contribution in [0.2, 0.25) is 5.02 Å². The second-order valence-corrected chi connectivity index (χ2v) is 5.90. The molecule has 2 N–H and O–H groups in total. The number of carbonyl (C=O) groups is 1. The monoisotopic (exact) mass is 295 g/mol. The summed E-state index contributed by atoms with van der Waals surface area (Å²) in [7, 11) is 3.51. The van der Waals surface area contributed by atoms with Crippen LogP contribution in [-0.4, -0.2) is 44.5 Å². The number of nitrogens with one attached hydrogen (secondary N) is 2. The van der Waals surface area contributed by atoms with Crippen molar-refractivity contribution in [3.8, 4) is 0 Å². The quantitative estimate of drug-likeness (QED) is 0.897. The van der Waals surface area contributed by atoms with E-state index in [2.05, 4.69) is 10.6 Å². The third kappa shape index (κ3) is 3.87. The van der Waals surface area contributed by atoms with Gasteiger partial charge in [-0.15, -0.1) is 0 Å². The molecule has 110 valence electrons. The van der Waals surface area contributed by atoms with Gasteiger partial charge in [-0.2, -0.15) is 0 Å². The molecule has 1 aliphatic rings. The zero-order valence-electron chi connectivity index (χ0n) is 12.1. The Morgan fingerprint density at radius 3 is 2.75 bits per heavy atom. The Bertz CT molecular complexity index is 470. The molecule has 1 amide bonds. The van der Waals surface area contributed by atoms with Crippen molar-refractivity contribution in [2.24, 2.45) is 5.92 Å². The van der Waals surface area contributed by atoms with Crippen molar-refractivity contribution < 1.29 is 4.79 Å². The molecule has 0 unspecified atom stereocenters. The SMILES string of the molecule is CN(C)C(=O)c1ccc(Cl)cc1NCC1CCNCC1. The lowest BCUT2D eigenvalue weighted by Crippen LogP contribution is -2.31. The maximum absolute atomic E-state index is 12.2. The van der Waals surface area contributed by atoms with Crippen molar-refractivity contribution in [1.82, 2.24) is 10.2 Å². The number of nitrogens with zero attached hydrogens (tertiary/aromatic N) is 1. The first-order valence-corrected chi connectivity index (χ1v) is 7.41. The van der Waals surface area contributed by atoms with Crippen LogP contribution in [0, 0.1) is 5.92 Å². The molecule has 5 heteroatoms. The van der Waals surface area contributed by atoms with Crippen molar-refractivity contribution in [1.29, 1.82) is 0 Å². The molecular weight excluding hydrogens is 274 g/mol. The van der Waals surface area contributed by atoms with Crippen LogP contribution in [0.1, 0.15) is 23.2 Å². The van der Waals surface area contributed by atoms with E-state index >= 15 is 0 Å². The van der Waals surface area contributed by atoms with Gasteiger partial charge in [0.15, 0.2) is 0 Å². The molecule has 0 saturated carbocycles. The van der Waals surface area contributed by atoms with Crippen LogP contribution in [0.5, 0.6) is 0 Å². The molecule has 0 aliphatic carbocycles. The Morgan fingerprint density at radius 2 is 2.10 bits per heavy atom. The maximum Gasteiger partial charge on any atom is 0.255 e. The Kier molecular flexibility index (Phi) is 5.26. The molecule has 0 atom stereocenters. The van der Waals surface area contributed by atoms with Gasteiger partial charge in [0.05, 0.1) is 5.56 Å². The number of rotatable bonds is 4. The van der Waals surface area contributed by atoms with E-state index in [-0.39, 0.29) is 5.91 Å². The minimum absolute atomic E-state index is 0.00511. The average molecular weight is 296 g/mol. The fourth-order valence-electron chi connectivity index (χ4n) is 2.43. The van der Waals surface area contributed by atoms with Gasteiger partial charge in [0.25, 0.3) is 5.91 Å². The lowest BCUT2D eigenvalue weighted by molar-refractivity contribution is 0.0828. The van der Waals surface area contributed by atoms with Crippen molar-refractivity contribution in [3.05, 3.63) is 28.8 Å². The highest BCUT2D eigenvalue weighted by Crippen LogP contribution is 2.23. The fraction of sp³-hybridized carbons (Fsp3) is 0.533. The summed E-state index contributed by atoms with van der Waals surface area (Å²) in [6, 6.07) is 5.38. The first-order chi connectivity index (χ1) is 9.58. The topological polar surface area (TPSA) is 44.4 Å². The van der Waals surface area contributed by atoms with E-state index in [1.54, 1.807) is 31.1 Å². The van der Waals surface area contributed by atoms with E-state index in [1.807, 2.05) is 6.07 Å². The van der Waals surface area contributed by atoms with Gasteiger partial charge in [0.1, 0.15) is 0 Å². The number of halogens is 1. The first-order valence-electron chi connectivity index (χ1n) is 7.03. The predicted octanol–water partition coefficient (Wildman–Crippen LogP) is 2.45. The normalized spacial score (nSPS) is 15.9. The van der Waals surface area contributed by atoms with Gasteiger partial charge >= 0.3 is 0 Å². The van der Waals surface area contributed by atoms with Gasteiger partial charge < -0.3 is 15.5 Å². The molecule has 1 aromatic carbocycles. The molecule has 1 aromatic rings. The second kappa shape index (κ2) is 6.95. The van der Waals surface area contributed by atoms with Gasteiger partial charge in [-0.25, -0.2) is 0 Å². The average Bonchev–Trinajstić information content (AvgIpc) is 2.45. The molecular formula is C15H22ClN3O. The number of benzene rings is 1. The highest BCUT2D eigenvalue weighted by Gasteiger charge is 2.16. The van der Waals surface area contributed by atoms with Crippen molar-refractivity contribution >= 4 is 23.2 Å². The molecule has 1 fully saturated rings. The minimum Gasteiger partial charge on any atom is -0.384 e. The van der Waals surface area contributed by atoms with Crippen LogP contribution in [0.15, 0.2) is 18.2 Å². The van der Waals surface area contributed by atoms with Crippen LogP contribution in [0.3, 0.4) is 0 Å². The summed E-state index contributed by atoms with van der Waals surface area (Å²) in [6.45, 7) is 3.03. The largest absolute Gasteiger partial charge is 0.384 e. The summed E-state index contributed by atoms with van der Waals surface area (Å²) in [6.07, 6.45) is 2.34. The second-order valence-electron chi connectivity index (χ2n) is 5.46. The predicted molar refractivity (Wildman–Crippen MR) is 83.6 cm³/mol. The summed E-state index contributed by atoms with van der Waals surface area (Å²) in [4.78, 5) is 13.7. The molecule has 20 heavy (non-hydrogen) atoms. The van der Waals surface area contributed by atoms with Crippen LogP contribution in [0.25, 0.3) is 0 Å². The van der Waals surface area contributed by atoms with Gasteiger partial charge in [-0.3, -0.25) is 4.79 Å². The number of anilines is 1. The lowest BCUT2D eigenvalue weighted by Gasteiger charge is -2.24. The van der Waals surface area contributed by atoms with Gasteiger partial charge in [0.2, 0.25) is 0 Å². The molecule has 0 bridgehead atoms. The molecule has 2 rings (SSSR count). The molecule has 0 spiro atoms. The van der Waals surface area contributed by atoms with E-state index in [0.717, 1.165) is 25.3 Å². The van der Waals surface area contributed by atoms with E-state index in [9.17, 15) is 4.79 Å². The third-order valence-electron chi connectivity index (χ3n) is 3.66. The van der Waals surface area contributed by atoms with Crippen LogP contribution >= 0.6 is 11.6 Å². The third-order valence-corrected chi connectivity index (χ3v) is 3.89. The smallest absolute Gasteiger partial charge is 0.255 e. The Balaban J connectivity index is 2.08. The summed E-state index contributed by atoms with van der Waals surface area (Å²) < 4.78 is 0. The van der Waals surface area contributed by atoms with Crippen molar-refractivity contribution in [3.63, 3.8) is 0 Å². The number of hydrogen-bond acceptors (Lipinski definition) is 3. The molecule has 0 radical (unpaired) electrons. The molecule has 0 aromatic heterocycles. The molecule has 1 aliphatic heterocycles. The fourth-order valence-corrected chi connectivity index (χ4v) is 2.60. The van der Waals surface area contributed by atoms with E-state index in [1.165, 1.54) is 12.8 Å². The summed E-state index contributed by atoms with van der Waals surface area (Å²) in [5.74, 6) is 0.645. The Hall–Kier alpha value is -1.26. The zero-order valence-corrected chi connectivity index (χ0v) is 12.8. The van der Waals surface area contributed by atoms with Crippen LogP contribution in [-0.2, 0) is 0 Å². The number of carbonyl (C=O) groups excluding carboxylic acids is 1.